The first-order valence-corrected chi connectivity index (χ1v) is 6.85. The Hall–Kier alpha value is -2.62. The summed E-state index contributed by atoms with van der Waals surface area (Å²) in [6, 6.07) is 14.7. The predicted octanol–water partition coefficient (Wildman–Crippen LogP) is 3.51. The Morgan fingerprint density at radius 3 is 2.81 bits per heavy atom. The van der Waals surface area contributed by atoms with Crippen LogP contribution in [-0.2, 0) is 4.79 Å². The van der Waals surface area contributed by atoms with Crippen molar-refractivity contribution in [3.63, 3.8) is 0 Å². The number of aryl methyl sites for hydroxylation is 1. The van der Waals surface area contributed by atoms with Gasteiger partial charge in [-0.1, -0.05) is 24.3 Å². The van der Waals surface area contributed by atoms with E-state index in [4.69, 9.17) is 4.74 Å². The lowest BCUT2D eigenvalue weighted by atomic mass is 10.2. The van der Waals surface area contributed by atoms with Crippen LogP contribution in [0.5, 0.6) is 5.75 Å². The van der Waals surface area contributed by atoms with Crippen LogP contribution < -0.4 is 4.74 Å². The van der Waals surface area contributed by atoms with Gasteiger partial charge in [0.1, 0.15) is 11.8 Å². The van der Waals surface area contributed by atoms with Crippen LogP contribution in [0.3, 0.4) is 0 Å². The summed E-state index contributed by atoms with van der Waals surface area (Å²) in [5, 5.41) is 0. The molecule has 0 bridgehead atoms. The minimum absolute atomic E-state index is 0.302. The summed E-state index contributed by atoms with van der Waals surface area (Å²) in [6.45, 7) is 3.77. The molecule has 1 aromatic heterocycles. The normalized spacial score (nSPS) is 12.3. The Morgan fingerprint density at radius 2 is 2.00 bits per heavy atom. The van der Waals surface area contributed by atoms with Crippen molar-refractivity contribution in [2.45, 2.75) is 19.9 Å². The number of para-hydroxylation sites is 2. The largest absolute Gasteiger partial charge is 0.425 e. The van der Waals surface area contributed by atoms with Crippen LogP contribution in [0, 0.1) is 6.92 Å². The Morgan fingerprint density at radius 1 is 1.19 bits per heavy atom. The van der Waals surface area contributed by atoms with Crippen LogP contribution in [-0.4, -0.2) is 15.5 Å². The molecule has 0 saturated heterocycles. The number of aromatic nitrogens is 2. The molecule has 0 aliphatic carbocycles. The second-order valence-corrected chi connectivity index (χ2v) is 5.05. The van der Waals surface area contributed by atoms with E-state index in [0.29, 0.717) is 5.75 Å². The fraction of sp³-hybridized carbons (Fsp3) is 0.176. The van der Waals surface area contributed by atoms with Crippen molar-refractivity contribution in [2.24, 2.45) is 0 Å². The molecule has 21 heavy (non-hydrogen) atoms. The average Bonchev–Trinajstić information content (AvgIpc) is 2.90. The van der Waals surface area contributed by atoms with Gasteiger partial charge in [-0.25, -0.2) is 9.78 Å². The number of ether oxygens (including phenoxy) is 1. The van der Waals surface area contributed by atoms with E-state index in [1.807, 2.05) is 60.9 Å². The van der Waals surface area contributed by atoms with Gasteiger partial charge in [0.2, 0.25) is 0 Å². The molecule has 0 aliphatic heterocycles. The molecule has 0 aliphatic rings. The molecule has 106 valence electrons. The molecule has 4 heteroatoms. The van der Waals surface area contributed by atoms with Gasteiger partial charge < -0.3 is 9.30 Å². The van der Waals surface area contributed by atoms with Gasteiger partial charge in [-0.3, -0.25) is 0 Å². The van der Waals surface area contributed by atoms with Gasteiger partial charge in [-0.15, -0.1) is 0 Å². The molecular weight excluding hydrogens is 264 g/mol. The van der Waals surface area contributed by atoms with E-state index in [1.165, 1.54) is 0 Å². The fourth-order valence-electron chi connectivity index (χ4n) is 2.28. The van der Waals surface area contributed by atoms with Gasteiger partial charge in [0, 0.05) is 0 Å². The van der Waals surface area contributed by atoms with E-state index >= 15 is 0 Å². The smallest absolute Gasteiger partial charge is 0.334 e. The molecule has 1 unspecified atom stereocenters. The third kappa shape index (κ3) is 2.65. The van der Waals surface area contributed by atoms with Gasteiger partial charge in [0.05, 0.1) is 17.4 Å². The van der Waals surface area contributed by atoms with Crippen molar-refractivity contribution in [3.8, 4) is 5.75 Å². The standard InChI is InChI=1S/C17H16N2O2/c1-12-6-5-7-14(10-12)21-17(20)13(2)19-11-18-15-8-3-4-9-16(15)19/h3-11,13H,1-2H3. The molecule has 0 fully saturated rings. The van der Waals surface area contributed by atoms with E-state index < -0.39 is 6.04 Å². The van der Waals surface area contributed by atoms with Crippen molar-refractivity contribution >= 4 is 17.0 Å². The highest BCUT2D eigenvalue weighted by Crippen LogP contribution is 2.20. The summed E-state index contributed by atoms with van der Waals surface area (Å²) in [6.07, 6.45) is 1.67. The van der Waals surface area contributed by atoms with Crippen LogP contribution in [0.25, 0.3) is 11.0 Å². The fourth-order valence-corrected chi connectivity index (χ4v) is 2.28. The van der Waals surface area contributed by atoms with Crippen LogP contribution in [0.4, 0.5) is 0 Å². The lowest BCUT2D eigenvalue weighted by Gasteiger charge is -2.13. The van der Waals surface area contributed by atoms with Gasteiger partial charge in [-0.2, -0.15) is 0 Å². The first-order chi connectivity index (χ1) is 10.1. The first kappa shape index (κ1) is 13.4. The first-order valence-electron chi connectivity index (χ1n) is 6.85. The molecule has 3 aromatic rings. The number of rotatable bonds is 3. The van der Waals surface area contributed by atoms with Crippen molar-refractivity contribution < 1.29 is 9.53 Å². The summed E-state index contributed by atoms with van der Waals surface area (Å²) in [5.74, 6) is 0.264. The Bertz CT molecular complexity index is 792. The van der Waals surface area contributed by atoms with E-state index in [9.17, 15) is 4.79 Å². The summed E-state index contributed by atoms with van der Waals surface area (Å²) in [4.78, 5) is 16.6. The number of nitrogens with zero attached hydrogens (tertiary/aromatic N) is 2. The number of benzene rings is 2. The molecule has 1 heterocycles. The van der Waals surface area contributed by atoms with E-state index in [2.05, 4.69) is 4.98 Å². The molecule has 1 atom stereocenters. The Labute approximate surface area is 123 Å². The zero-order valence-electron chi connectivity index (χ0n) is 12.0. The number of esters is 1. The van der Waals surface area contributed by atoms with Crippen molar-refractivity contribution in [3.05, 3.63) is 60.4 Å². The average molecular weight is 280 g/mol. The number of carbonyl (C=O) groups is 1. The van der Waals surface area contributed by atoms with Crippen LogP contribution in [0.1, 0.15) is 18.5 Å². The van der Waals surface area contributed by atoms with Gasteiger partial charge >= 0.3 is 5.97 Å². The maximum atomic E-state index is 12.3. The lowest BCUT2D eigenvalue weighted by Crippen LogP contribution is -2.21. The summed E-state index contributed by atoms with van der Waals surface area (Å²) < 4.78 is 7.27. The Balaban J connectivity index is 1.84. The van der Waals surface area contributed by atoms with Crippen molar-refractivity contribution in [1.82, 2.24) is 9.55 Å². The van der Waals surface area contributed by atoms with E-state index in [1.54, 1.807) is 12.4 Å². The molecule has 0 N–H and O–H groups in total. The van der Waals surface area contributed by atoms with Crippen molar-refractivity contribution in [2.75, 3.05) is 0 Å². The summed E-state index contributed by atoms with van der Waals surface area (Å²) >= 11 is 0. The topological polar surface area (TPSA) is 44.1 Å². The molecule has 4 nitrogen and oxygen atoms in total. The zero-order valence-corrected chi connectivity index (χ0v) is 12.0. The molecule has 3 rings (SSSR count). The van der Waals surface area contributed by atoms with Crippen LogP contribution >= 0.6 is 0 Å². The molecule has 0 saturated carbocycles. The number of hydrogen-bond acceptors (Lipinski definition) is 3. The molecule has 0 amide bonds. The monoisotopic (exact) mass is 280 g/mol. The Kier molecular flexibility index (Phi) is 3.44. The second-order valence-electron chi connectivity index (χ2n) is 5.05. The van der Waals surface area contributed by atoms with Crippen LogP contribution in [0.2, 0.25) is 0 Å². The van der Waals surface area contributed by atoms with E-state index in [-0.39, 0.29) is 5.97 Å². The van der Waals surface area contributed by atoms with Crippen LogP contribution in [0.15, 0.2) is 54.9 Å². The maximum absolute atomic E-state index is 12.3. The highest BCUT2D eigenvalue weighted by molar-refractivity contribution is 5.81. The molecule has 0 spiro atoms. The second kappa shape index (κ2) is 5.40. The quantitative estimate of drug-likeness (QED) is 0.544. The minimum Gasteiger partial charge on any atom is -0.425 e. The summed E-state index contributed by atoms with van der Waals surface area (Å²) in [5.41, 5.74) is 2.85. The van der Waals surface area contributed by atoms with Crippen molar-refractivity contribution in [1.29, 1.82) is 0 Å². The molecule has 2 aromatic carbocycles. The SMILES string of the molecule is Cc1cccc(OC(=O)C(C)n2cnc3ccccc32)c1. The number of hydrogen-bond donors (Lipinski definition) is 0. The van der Waals surface area contributed by atoms with Gasteiger partial charge in [0.15, 0.2) is 0 Å². The summed E-state index contributed by atoms with van der Waals surface area (Å²) in [7, 11) is 0. The highest BCUT2D eigenvalue weighted by atomic mass is 16.5. The van der Waals surface area contributed by atoms with Gasteiger partial charge in [-0.05, 0) is 43.7 Å². The maximum Gasteiger partial charge on any atom is 0.334 e. The highest BCUT2D eigenvalue weighted by Gasteiger charge is 2.19. The predicted molar refractivity (Wildman–Crippen MR) is 81.3 cm³/mol. The number of fused-ring (bicyclic) bond motifs is 1. The van der Waals surface area contributed by atoms with Gasteiger partial charge in [0.25, 0.3) is 0 Å². The number of imidazole rings is 1. The minimum atomic E-state index is -0.432. The molecule has 0 radical (unpaired) electrons. The molecular formula is C17H16N2O2. The third-order valence-electron chi connectivity index (χ3n) is 3.45. The third-order valence-corrected chi connectivity index (χ3v) is 3.45. The lowest BCUT2D eigenvalue weighted by molar-refractivity contribution is -0.137. The zero-order chi connectivity index (χ0) is 14.8. The number of carbonyl (C=O) groups excluding carboxylic acids is 1. The van der Waals surface area contributed by atoms with E-state index in [0.717, 1.165) is 16.6 Å².